The van der Waals surface area contributed by atoms with Crippen molar-refractivity contribution in [2.75, 3.05) is 0 Å². The summed E-state index contributed by atoms with van der Waals surface area (Å²) < 4.78 is 3.79. The van der Waals surface area contributed by atoms with E-state index in [9.17, 15) is 4.79 Å². The number of halogens is 1. The maximum atomic E-state index is 11.9. The zero-order chi connectivity index (χ0) is 11.0. The fourth-order valence-corrected chi connectivity index (χ4v) is 1.63. The van der Waals surface area contributed by atoms with Gasteiger partial charge in [0.05, 0.1) is 12.7 Å². The van der Waals surface area contributed by atoms with Crippen LogP contribution in [-0.4, -0.2) is 19.3 Å². The number of allylic oxidation sites excluding steroid dienone is 1. The fraction of sp³-hybridized carbons (Fsp3) is 0.222. The minimum absolute atomic E-state index is 0.103. The van der Waals surface area contributed by atoms with Crippen LogP contribution in [0.2, 0.25) is 0 Å². The number of hydrogen-bond acceptors (Lipinski definition) is 3. The molecule has 2 aromatic heterocycles. The van der Waals surface area contributed by atoms with Gasteiger partial charge >= 0.3 is 0 Å². The van der Waals surface area contributed by atoms with Crippen molar-refractivity contribution < 1.29 is 0 Å². The zero-order valence-corrected chi connectivity index (χ0v) is 9.73. The van der Waals surface area contributed by atoms with Crippen LogP contribution in [0.4, 0.5) is 0 Å². The molecule has 0 saturated carbocycles. The normalized spacial score (nSPS) is 10.8. The zero-order valence-electron chi connectivity index (χ0n) is 8.14. The van der Waals surface area contributed by atoms with Gasteiger partial charge in [-0.05, 0) is 0 Å². The second kappa shape index (κ2) is 3.62. The first-order valence-electron chi connectivity index (χ1n) is 4.30. The van der Waals surface area contributed by atoms with E-state index in [0.29, 0.717) is 17.6 Å². The molecule has 15 heavy (non-hydrogen) atoms. The fourth-order valence-electron chi connectivity index (χ4n) is 1.36. The first-order valence-corrected chi connectivity index (χ1v) is 5.09. The van der Waals surface area contributed by atoms with Gasteiger partial charge in [0.15, 0.2) is 5.65 Å². The first kappa shape index (κ1) is 10.1. The minimum Gasteiger partial charge on any atom is -0.294 e. The Morgan fingerprint density at radius 3 is 3.07 bits per heavy atom. The highest BCUT2D eigenvalue weighted by Crippen LogP contribution is 2.06. The summed E-state index contributed by atoms with van der Waals surface area (Å²) in [5.41, 5.74) is 0.491. The smallest absolute Gasteiger partial charge is 0.264 e. The van der Waals surface area contributed by atoms with E-state index in [4.69, 9.17) is 0 Å². The molecule has 0 spiro atoms. The average molecular weight is 269 g/mol. The third-order valence-electron chi connectivity index (χ3n) is 2.06. The quantitative estimate of drug-likeness (QED) is 0.818. The maximum Gasteiger partial charge on any atom is 0.264 e. The molecule has 5 nitrogen and oxygen atoms in total. The summed E-state index contributed by atoms with van der Waals surface area (Å²) in [5, 5.41) is 4.51. The number of nitrogens with zero attached hydrogens (tertiary/aromatic N) is 4. The van der Waals surface area contributed by atoms with Crippen LogP contribution in [0.5, 0.6) is 0 Å². The molecular weight excluding hydrogens is 260 g/mol. The van der Waals surface area contributed by atoms with E-state index >= 15 is 0 Å². The first-order chi connectivity index (χ1) is 7.09. The lowest BCUT2D eigenvalue weighted by molar-refractivity contribution is 0.748. The van der Waals surface area contributed by atoms with Crippen LogP contribution in [0.15, 0.2) is 28.4 Å². The lowest BCUT2D eigenvalue weighted by Gasteiger charge is -2.02. The van der Waals surface area contributed by atoms with Crippen molar-refractivity contribution in [3.63, 3.8) is 0 Å². The summed E-state index contributed by atoms with van der Waals surface area (Å²) in [6, 6.07) is 0. The predicted molar refractivity (Wildman–Crippen MR) is 60.8 cm³/mol. The molecule has 2 rings (SSSR count). The average Bonchev–Trinajstić information content (AvgIpc) is 2.53. The number of hydrogen-bond donors (Lipinski definition) is 0. The van der Waals surface area contributed by atoms with Gasteiger partial charge in [-0.15, -0.1) is 0 Å². The van der Waals surface area contributed by atoms with Crippen LogP contribution in [0.1, 0.15) is 0 Å². The highest BCUT2D eigenvalue weighted by molar-refractivity contribution is 9.11. The van der Waals surface area contributed by atoms with Crippen LogP contribution in [0.25, 0.3) is 11.0 Å². The number of aromatic nitrogens is 4. The standard InChI is InChI=1S/C9H9BrN4O/c1-6(10)4-14-5-11-8-7(9(14)15)3-12-13(8)2/h3,5H,1,4H2,2H3. The van der Waals surface area contributed by atoms with Crippen molar-refractivity contribution in [2.24, 2.45) is 7.05 Å². The monoisotopic (exact) mass is 268 g/mol. The SMILES string of the molecule is C=C(Br)Cn1cnc2c(cnn2C)c1=O. The summed E-state index contributed by atoms with van der Waals surface area (Å²) in [7, 11) is 1.75. The van der Waals surface area contributed by atoms with E-state index in [1.807, 2.05) is 0 Å². The van der Waals surface area contributed by atoms with E-state index in [2.05, 4.69) is 32.6 Å². The van der Waals surface area contributed by atoms with Gasteiger partial charge in [0.25, 0.3) is 5.56 Å². The Morgan fingerprint density at radius 1 is 1.67 bits per heavy atom. The van der Waals surface area contributed by atoms with Crippen molar-refractivity contribution in [1.29, 1.82) is 0 Å². The van der Waals surface area contributed by atoms with Gasteiger partial charge in [0.2, 0.25) is 0 Å². The predicted octanol–water partition coefficient (Wildman–Crippen LogP) is 1.04. The Balaban J connectivity index is 2.66. The molecule has 0 aliphatic rings. The molecule has 0 aliphatic carbocycles. The number of aryl methyl sites for hydroxylation is 1. The van der Waals surface area contributed by atoms with Crippen molar-refractivity contribution in [3.05, 3.63) is 33.9 Å². The molecule has 0 aromatic carbocycles. The second-order valence-corrected chi connectivity index (χ2v) is 4.32. The molecule has 78 valence electrons. The molecule has 0 fully saturated rings. The number of fused-ring (bicyclic) bond motifs is 1. The second-order valence-electron chi connectivity index (χ2n) is 3.20. The molecule has 0 radical (unpaired) electrons. The van der Waals surface area contributed by atoms with E-state index in [0.717, 1.165) is 4.48 Å². The van der Waals surface area contributed by atoms with Gasteiger partial charge in [0.1, 0.15) is 11.7 Å². The summed E-state index contributed by atoms with van der Waals surface area (Å²) in [5.74, 6) is 0. The summed E-state index contributed by atoms with van der Waals surface area (Å²) in [4.78, 5) is 16.0. The Labute approximate surface area is 94.2 Å². The summed E-state index contributed by atoms with van der Waals surface area (Å²) in [6.07, 6.45) is 3.02. The van der Waals surface area contributed by atoms with Gasteiger partial charge in [-0.1, -0.05) is 22.5 Å². The molecule has 0 bridgehead atoms. The molecule has 0 N–H and O–H groups in total. The Morgan fingerprint density at radius 2 is 2.40 bits per heavy atom. The van der Waals surface area contributed by atoms with Crippen LogP contribution < -0.4 is 5.56 Å². The highest BCUT2D eigenvalue weighted by Gasteiger charge is 2.07. The van der Waals surface area contributed by atoms with Crippen LogP contribution in [0, 0.1) is 0 Å². The van der Waals surface area contributed by atoms with Crippen LogP contribution >= 0.6 is 15.9 Å². The van der Waals surface area contributed by atoms with Gasteiger partial charge in [-0.25, -0.2) is 4.98 Å². The molecule has 2 heterocycles. The topological polar surface area (TPSA) is 52.7 Å². The van der Waals surface area contributed by atoms with Crippen molar-refractivity contribution >= 4 is 27.0 Å². The van der Waals surface area contributed by atoms with E-state index in [1.54, 1.807) is 11.7 Å². The van der Waals surface area contributed by atoms with Gasteiger partial charge in [0, 0.05) is 11.5 Å². The molecule has 0 atom stereocenters. The van der Waals surface area contributed by atoms with Crippen molar-refractivity contribution in [3.8, 4) is 0 Å². The highest BCUT2D eigenvalue weighted by atomic mass is 79.9. The van der Waals surface area contributed by atoms with Gasteiger partial charge < -0.3 is 0 Å². The third kappa shape index (κ3) is 1.72. The summed E-state index contributed by atoms with van der Waals surface area (Å²) >= 11 is 3.21. The van der Waals surface area contributed by atoms with Crippen LogP contribution in [-0.2, 0) is 13.6 Å². The summed E-state index contributed by atoms with van der Waals surface area (Å²) in [6.45, 7) is 4.10. The van der Waals surface area contributed by atoms with E-state index < -0.39 is 0 Å². The lowest BCUT2D eigenvalue weighted by Crippen LogP contribution is -2.20. The Hall–Kier alpha value is -1.43. The lowest BCUT2D eigenvalue weighted by atomic mass is 10.4. The molecule has 6 heteroatoms. The van der Waals surface area contributed by atoms with Gasteiger partial charge in [-0.2, -0.15) is 5.10 Å². The van der Waals surface area contributed by atoms with E-state index in [-0.39, 0.29) is 5.56 Å². The van der Waals surface area contributed by atoms with Gasteiger partial charge in [-0.3, -0.25) is 14.0 Å². The molecular formula is C9H9BrN4O. The molecule has 0 unspecified atom stereocenters. The maximum absolute atomic E-state index is 11.9. The molecule has 0 aliphatic heterocycles. The van der Waals surface area contributed by atoms with Crippen molar-refractivity contribution in [2.45, 2.75) is 6.54 Å². The number of rotatable bonds is 2. The Bertz CT molecular complexity index is 583. The molecule has 0 saturated heterocycles. The van der Waals surface area contributed by atoms with E-state index in [1.165, 1.54) is 17.1 Å². The van der Waals surface area contributed by atoms with Crippen LogP contribution in [0.3, 0.4) is 0 Å². The molecule has 0 amide bonds. The van der Waals surface area contributed by atoms with Crippen molar-refractivity contribution in [1.82, 2.24) is 19.3 Å². The Kier molecular flexibility index (Phi) is 2.44. The molecule has 2 aromatic rings. The third-order valence-corrected chi connectivity index (χ3v) is 2.31. The largest absolute Gasteiger partial charge is 0.294 e. The minimum atomic E-state index is -0.103.